The Morgan fingerprint density at radius 2 is 1.09 bits per heavy atom. The molecule has 4 aromatic rings. The van der Waals surface area contributed by atoms with Crippen LogP contribution in [0.4, 0.5) is 26.3 Å². The van der Waals surface area contributed by atoms with Gasteiger partial charge in [0.1, 0.15) is 13.1 Å². The van der Waals surface area contributed by atoms with Crippen LogP contribution in [0.3, 0.4) is 0 Å². The van der Waals surface area contributed by atoms with Crippen LogP contribution >= 0.6 is 0 Å². The Labute approximate surface area is 495 Å². The Bertz CT molecular complexity index is 3580. The Hall–Kier alpha value is -5.27. The predicted molar refractivity (Wildman–Crippen MR) is 278 cm³/mol. The van der Waals surface area contributed by atoms with Crippen LogP contribution in [0.5, 0.6) is 0 Å². The third-order valence-electron chi connectivity index (χ3n) is 13.0. The topological polar surface area (TPSA) is 140 Å². The van der Waals surface area contributed by atoms with Crippen molar-refractivity contribution in [2.45, 2.75) is 161 Å². The average molecular weight is 1100 g/mol. The first kappa shape index (κ1) is 36.8. The number of nitrogens with zero attached hydrogens (tertiary/aromatic N) is 4. The molecule has 0 unspecified atom stereocenters. The maximum atomic E-state index is 14.2. The molecule has 0 atom stereocenters. The predicted octanol–water partition coefficient (Wildman–Crippen LogP) is 10.6. The van der Waals surface area contributed by atoms with E-state index in [1.165, 1.54) is 21.9 Å². The van der Waals surface area contributed by atoms with E-state index >= 15 is 0 Å². The molecule has 2 saturated carbocycles. The van der Waals surface area contributed by atoms with Gasteiger partial charge in [-0.2, -0.15) is 35.9 Å². The van der Waals surface area contributed by atoms with E-state index in [4.69, 9.17) is 56.9 Å². The van der Waals surface area contributed by atoms with E-state index in [2.05, 4.69) is 10.3 Å². The number of alkyl halides is 6. The second-order valence-electron chi connectivity index (χ2n) is 18.2. The molecule has 0 bridgehead atoms. The molecule has 0 aromatic heterocycles. The minimum Gasteiger partial charge on any atom is -0.870 e. The van der Waals surface area contributed by atoms with E-state index in [9.17, 15) is 31.1 Å². The fourth-order valence-electron chi connectivity index (χ4n) is 9.11. The second kappa shape index (κ2) is 31.4. The van der Waals surface area contributed by atoms with Gasteiger partial charge < -0.3 is 19.9 Å². The number of oxime groups is 2. The summed E-state index contributed by atoms with van der Waals surface area (Å²) in [6.07, 6.45) is -7.94. The van der Waals surface area contributed by atoms with E-state index in [1.54, 1.807) is 0 Å². The van der Waals surface area contributed by atoms with Crippen LogP contribution in [0, 0.1) is 5.92 Å². The van der Waals surface area contributed by atoms with Crippen LogP contribution in [-0.2, 0) is 80.0 Å². The molecule has 2 aliphatic heterocycles. The number of hydrogen-bond acceptors (Lipinski definition) is 11. The molecule has 1 N–H and O–H groups in total. The van der Waals surface area contributed by atoms with Gasteiger partial charge in [0.2, 0.25) is 0 Å². The van der Waals surface area contributed by atoms with E-state index in [1.807, 2.05) is 0 Å². The van der Waals surface area contributed by atoms with Crippen LogP contribution in [0.25, 0.3) is 0 Å². The number of carbonyl (C=O) groups is 1. The molecule has 4 fully saturated rings. The maximum Gasteiger partial charge on any atom is 1.00 e. The normalized spacial score (nSPS) is 23.2. The van der Waals surface area contributed by atoms with E-state index in [-0.39, 0.29) is 91.1 Å². The minimum atomic E-state index is -4.82. The van der Waals surface area contributed by atoms with Gasteiger partial charge in [-0.15, -0.1) is 0 Å². The molecule has 2 saturated heterocycles. The summed E-state index contributed by atoms with van der Waals surface area (Å²) in [6.45, 7) is -22.9. The van der Waals surface area contributed by atoms with Crippen LogP contribution in [0.2, 0.25) is 0 Å². The van der Waals surface area contributed by atoms with Gasteiger partial charge in [0.25, 0.3) is 6.47 Å². The molecule has 4 aliphatic rings. The first-order valence-corrected chi connectivity index (χ1v) is 24.1. The third-order valence-corrected chi connectivity index (χ3v) is 13.0. The zero-order valence-electron chi connectivity index (χ0n) is 66.0. The van der Waals surface area contributed by atoms with Gasteiger partial charge in [0.15, 0.2) is 0 Å². The summed E-state index contributed by atoms with van der Waals surface area (Å²) < 4.78 is 286. The van der Waals surface area contributed by atoms with Crippen molar-refractivity contribution in [1.82, 2.24) is 9.80 Å². The van der Waals surface area contributed by atoms with Crippen molar-refractivity contribution in [1.29, 1.82) is 0 Å². The van der Waals surface area contributed by atoms with Gasteiger partial charge in [-0.25, -0.2) is 0 Å². The molecule has 77 heavy (non-hydrogen) atoms. The van der Waals surface area contributed by atoms with Crippen molar-refractivity contribution < 1.29 is 112 Å². The fourth-order valence-corrected chi connectivity index (χ4v) is 9.11. The minimum absolute atomic E-state index is 0. The van der Waals surface area contributed by atoms with Crippen molar-refractivity contribution >= 4 is 24.0 Å². The van der Waals surface area contributed by atoms with Gasteiger partial charge in [0, 0.05) is 59.4 Å². The van der Waals surface area contributed by atoms with Crippen molar-refractivity contribution in [3.8, 4) is 0 Å². The summed E-state index contributed by atoms with van der Waals surface area (Å²) in [5.41, 5.74) is -8.10. The summed E-state index contributed by atoms with van der Waals surface area (Å²) >= 11 is 0. The van der Waals surface area contributed by atoms with E-state index in [0.717, 1.165) is 87.1 Å². The summed E-state index contributed by atoms with van der Waals surface area (Å²) in [6, 6.07) is 11.7. The first-order valence-electron chi connectivity index (χ1n) is 36.1. The smallest absolute Gasteiger partial charge is 0.870 e. The molecule has 11 nitrogen and oxygen atoms in total. The number of benzene rings is 4. The summed E-state index contributed by atoms with van der Waals surface area (Å²) in [5, 5.41) is 6.97. The van der Waals surface area contributed by atoms with Gasteiger partial charge in [-0.1, -0.05) is 111 Å². The molecule has 18 heteroatoms. The average Bonchev–Trinajstić information content (AvgIpc) is 0.746. The molecule has 2 aliphatic carbocycles. The standard InChI is InChI=1S/C30H37F3N2O3.C28H35F3N2O.CO2.Li.H2O/c1-3-24-14-26(10-11-27(24)17-35-15-23(16-35)18-37-20-36)21(2)34-38-19-22-9-12-28(25-7-5-4-6-8-25)29(13-22)30(31,32)33;1-3-22-17-24(11-12-25(22)18-33-14-7-15-33)20(2)32-34-19-21-10-13-26(23-8-5-4-6-9-23)27(16-21)28(29,30)31;2-1-3;;/h9-14,20,23,25H,3-8,15-19H2,1-2H3;10-13,16-17,23H,3-9,14-15,18-19H2,1-2H3;;;1H2/q;;;+1;/p-1/b34-21+;32-20+;;;/i1D3,2D3,3D2,17D2,19D2;1D3,2D3,3D2,18D2,19D2;;;. The van der Waals surface area contributed by atoms with Crippen molar-refractivity contribution in [2.24, 2.45) is 16.2 Å². The van der Waals surface area contributed by atoms with E-state index in [0.29, 0.717) is 57.3 Å². The SMILES string of the molecule is O=C=O.[2H]C([2H])([2H])/C(=N\OC([2H])([2H])c1ccc(C2CCCCC2)c(C(F)(F)F)c1)c1ccc(C([2H])([2H])N2CC(COC=O)C2)c(C([2H])([2H])C([2H])([2H])[2H])c1.[2H]C([2H])([2H])/C(=N\OC([2H])([2H])c1ccc(C2CCCCC2)c(C(F)(F)F)c1)c1ccc(C([2H])([2H])N2CCC2)c(C([2H])([2H])C([2H])([2H])[2H])c1.[Li+].[OH-]. The van der Waals surface area contributed by atoms with Gasteiger partial charge in [-0.05, 0) is 163 Å². The number of likely N-dealkylation sites (tertiary alicyclic amines) is 2. The molecule has 0 radical (unpaired) electrons. The molecular weight excluding hydrogens is 998 g/mol. The molecule has 414 valence electrons. The molecule has 8 rings (SSSR count). The molecule has 4 aromatic carbocycles. The Morgan fingerprint density at radius 1 is 0.649 bits per heavy atom. The Kier molecular flexibility index (Phi) is 15.0. The number of carbonyl (C=O) groups excluding carboxylic acids is 3. The number of ether oxygens (including phenoxy) is 1. The van der Waals surface area contributed by atoms with Crippen molar-refractivity contribution in [3.63, 3.8) is 0 Å². The van der Waals surface area contributed by atoms with Crippen molar-refractivity contribution in [3.05, 3.63) is 140 Å². The largest absolute Gasteiger partial charge is 1.00 e. The van der Waals surface area contributed by atoms with Crippen LogP contribution in [0.1, 0.15) is 210 Å². The Balaban J connectivity index is 0.000000406. The molecular formula is C59H73F6LiN4O7. The molecule has 0 spiro atoms. The van der Waals surface area contributed by atoms with Gasteiger partial charge in [-0.3, -0.25) is 14.6 Å². The monoisotopic (exact) mass is 1090 g/mol. The van der Waals surface area contributed by atoms with Crippen LogP contribution in [0.15, 0.2) is 83.1 Å². The molecule has 0 amide bonds. The Morgan fingerprint density at radius 3 is 1.47 bits per heavy atom. The van der Waals surface area contributed by atoms with Crippen LogP contribution in [-0.4, -0.2) is 72.1 Å². The number of aryl methyl sites for hydroxylation is 2. The number of halogens is 6. The fraction of sp³-hybridized carbons (Fsp3) is 0.525. The third kappa shape index (κ3) is 19.0. The summed E-state index contributed by atoms with van der Waals surface area (Å²) in [4.78, 5) is 39.3. The van der Waals surface area contributed by atoms with Crippen LogP contribution < -0.4 is 18.9 Å². The number of hydrogen-bond donors (Lipinski definition) is 0. The van der Waals surface area contributed by atoms with E-state index < -0.39 is 140 Å². The van der Waals surface area contributed by atoms with Crippen molar-refractivity contribution in [2.75, 3.05) is 32.8 Å². The van der Waals surface area contributed by atoms with Gasteiger partial charge >= 0.3 is 37.4 Å². The quantitative estimate of drug-likeness (QED) is 0.0295. The second-order valence-corrected chi connectivity index (χ2v) is 18.2. The molecule has 2 heterocycles. The van der Waals surface area contributed by atoms with Gasteiger partial charge in [0.05, 0.1) is 34.6 Å². The first-order chi connectivity index (χ1) is 45.3. The summed E-state index contributed by atoms with van der Waals surface area (Å²) in [7, 11) is 0. The number of rotatable bonds is 19. The summed E-state index contributed by atoms with van der Waals surface area (Å²) in [5.74, 6) is -0.943. The zero-order valence-corrected chi connectivity index (χ0v) is 42.0. The maximum absolute atomic E-state index is 14.2. The zero-order chi connectivity index (χ0) is 74.7.